The van der Waals surface area contributed by atoms with Crippen molar-refractivity contribution >= 4 is 5.69 Å². The summed E-state index contributed by atoms with van der Waals surface area (Å²) in [6.07, 6.45) is 0.201. The van der Waals surface area contributed by atoms with Crippen LogP contribution in [0, 0.1) is 0 Å². The number of hydrogen-bond donors (Lipinski definition) is 1. The molecule has 0 heterocycles. The van der Waals surface area contributed by atoms with Crippen LogP contribution in [0.1, 0.15) is 19.4 Å². The Morgan fingerprint density at radius 1 is 1.05 bits per heavy atom. The third kappa shape index (κ3) is 5.78. The van der Waals surface area contributed by atoms with E-state index >= 15 is 0 Å². The van der Waals surface area contributed by atoms with Gasteiger partial charge in [-0.3, -0.25) is 0 Å². The van der Waals surface area contributed by atoms with Crippen LogP contribution in [0.5, 0.6) is 5.75 Å². The van der Waals surface area contributed by atoms with Crippen molar-refractivity contribution in [2.45, 2.75) is 26.5 Å². The maximum Gasteiger partial charge on any atom is 0.121 e. The van der Waals surface area contributed by atoms with Crippen LogP contribution in [0.25, 0.3) is 0 Å². The fourth-order valence-corrected chi connectivity index (χ4v) is 2.32. The second-order valence-corrected chi connectivity index (χ2v) is 5.84. The number of rotatable bonds is 8. The molecule has 0 aliphatic rings. The molecule has 3 nitrogen and oxygen atoms in total. The number of nitrogens with one attached hydrogen (secondary N) is 1. The Morgan fingerprint density at radius 2 is 1.82 bits per heavy atom. The highest BCUT2D eigenvalue weighted by molar-refractivity contribution is 5.48. The Kier molecular flexibility index (Phi) is 6.28. The zero-order chi connectivity index (χ0) is 15.8. The summed E-state index contributed by atoms with van der Waals surface area (Å²) in [6, 6.07) is 18.7. The van der Waals surface area contributed by atoms with Crippen molar-refractivity contribution in [2.24, 2.45) is 0 Å². The van der Waals surface area contributed by atoms with Gasteiger partial charge in [-0.15, -0.1) is 0 Å². The number of hydrogen-bond acceptors (Lipinski definition) is 3. The van der Waals surface area contributed by atoms with Crippen molar-refractivity contribution in [1.82, 2.24) is 4.90 Å². The summed E-state index contributed by atoms with van der Waals surface area (Å²) >= 11 is 0. The summed E-state index contributed by atoms with van der Waals surface area (Å²) in [4.78, 5) is 2.32. The highest BCUT2D eigenvalue weighted by Gasteiger charge is 2.01. The molecule has 2 aromatic rings. The van der Waals surface area contributed by atoms with Crippen molar-refractivity contribution in [3.05, 3.63) is 60.2 Å². The van der Waals surface area contributed by atoms with Gasteiger partial charge in [0.2, 0.25) is 0 Å². The summed E-state index contributed by atoms with van der Waals surface area (Å²) in [5, 5.41) is 3.45. The lowest BCUT2D eigenvalue weighted by atomic mass is 10.2. The summed E-state index contributed by atoms with van der Waals surface area (Å²) in [6.45, 7) is 6.95. The van der Waals surface area contributed by atoms with E-state index < -0.39 is 0 Å². The van der Waals surface area contributed by atoms with Gasteiger partial charge in [-0.05, 0) is 38.6 Å². The van der Waals surface area contributed by atoms with E-state index in [9.17, 15) is 0 Å². The first kappa shape index (κ1) is 16.4. The SMILES string of the molecule is CC(C)Oc1cccc(NCCN(C)Cc2ccccc2)c1. The van der Waals surface area contributed by atoms with Crippen molar-refractivity contribution in [3.8, 4) is 5.75 Å². The molecule has 0 amide bonds. The molecule has 0 aliphatic heterocycles. The molecule has 0 aromatic heterocycles. The molecule has 0 saturated carbocycles. The fourth-order valence-electron chi connectivity index (χ4n) is 2.32. The van der Waals surface area contributed by atoms with Gasteiger partial charge in [0, 0.05) is 31.4 Å². The van der Waals surface area contributed by atoms with E-state index in [0.717, 1.165) is 31.1 Å². The van der Waals surface area contributed by atoms with Crippen LogP contribution < -0.4 is 10.1 Å². The van der Waals surface area contributed by atoms with Gasteiger partial charge in [0.25, 0.3) is 0 Å². The maximum atomic E-state index is 5.71. The molecule has 2 rings (SSSR count). The molecule has 22 heavy (non-hydrogen) atoms. The second kappa shape index (κ2) is 8.44. The molecule has 0 atom stereocenters. The number of ether oxygens (including phenoxy) is 1. The summed E-state index contributed by atoms with van der Waals surface area (Å²) in [5.74, 6) is 0.914. The molecule has 0 unspecified atom stereocenters. The van der Waals surface area contributed by atoms with Crippen LogP contribution >= 0.6 is 0 Å². The van der Waals surface area contributed by atoms with Gasteiger partial charge in [-0.2, -0.15) is 0 Å². The first-order chi connectivity index (χ1) is 10.6. The zero-order valence-corrected chi connectivity index (χ0v) is 13.8. The average Bonchev–Trinajstić information content (AvgIpc) is 2.48. The monoisotopic (exact) mass is 298 g/mol. The van der Waals surface area contributed by atoms with Crippen molar-refractivity contribution in [3.63, 3.8) is 0 Å². The third-order valence-corrected chi connectivity index (χ3v) is 3.32. The minimum Gasteiger partial charge on any atom is -0.491 e. The standard InChI is InChI=1S/C19H26N2O/c1-16(2)22-19-11-7-10-18(14-19)20-12-13-21(3)15-17-8-5-4-6-9-17/h4-11,14,16,20H,12-13,15H2,1-3H3. The highest BCUT2D eigenvalue weighted by atomic mass is 16.5. The summed E-state index contributed by atoms with van der Waals surface area (Å²) in [5.41, 5.74) is 2.45. The van der Waals surface area contributed by atoms with E-state index in [1.54, 1.807) is 0 Å². The van der Waals surface area contributed by atoms with E-state index in [1.807, 2.05) is 26.0 Å². The van der Waals surface area contributed by atoms with Crippen molar-refractivity contribution in [1.29, 1.82) is 0 Å². The zero-order valence-electron chi connectivity index (χ0n) is 13.8. The number of likely N-dealkylation sites (N-methyl/N-ethyl adjacent to an activating group) is 1. The smallest absolute Gasteiger partial charge is 0.121 e. The number of anilines is 1. The highest BCUT2D eigenvalue weighted by Crippen LogP contribution is 2.18. The molecule has 118 valence electrons. The van der Waals surface area contributed by atoms with E-state index in [2.05, 4.69) is 59.7 Å². The largest absolute Gasteiger partial charge is 0.491 e. The van der Waals surface area contributed by atoms with Gasteiger partial charge in [0.05, 0.1) is 6.10 Å². The lowest BCUT2D eigenvalue weighted by Crippen LogP contribution is -2.24. The van der Waals surface area contributed by atoms with Crippen LogP contribution in [0.2, 0.25) is 0 Å². The van der Waals surface area contributed by atoms with E-state index in [-0.39, 0.29) is 6.10 Å². The number of nitrogens with zero attached hydrogens (tertiary/aromatic N) is 1. The number of benzene rings is 2. The molecule has 0 aliphatic carbocycles. The predicted octanol–water partition coefficient (Wildman–Crippen LogP) is 4.02. The maximum absolute atomic E-state index is 5.71. The molecule has 0 fully saturated rings. The second-order valence-electron chi connectivity index (χ2n) is 5.84. The van der Waals surface area contributed by atoms with Crippen LogP contribution in [0.3, 0.4) is 0 Å². The minimum absolute atomic E-state index is 0.201. The topological polar surface area (TPSA) is 24.5 Å². The molecule has 2 aromatic carbocycles. The van der Waals surface area contributed by atoms with Crippen molar-refractivity contribution < 1.29 is 4.74 Å². The summed E-state index contributed by atoms with van der Waals surface area (Å²) in [7, 11) is 2.15. The quantitative estimate of drug-likeness (QED) is 0.796. The molecule has 0 saturated heterocycles. The van der Waals surface area contributed by atoms with Crippen LogP contribution in [-0.2, 0) is 6.54 Å². The lowest BCUT2D eigenvalue weighted by molar-refractivity contribution is 0.242. The Labute approximate surface area is 133 Å². The van der Waals surface area contributed by atoms with Gasteiger partial charge in [-0.1, -0.05) is 36.4 Å². The Morgan fingerprint density at radius 3 is 2.55 bits per heavy atom. The fraction of sp³-hybridized carbons (Fsp3) is 0.368. The van der Waals surface area contributed by atoms with Gasteiger partial charge >= 0.3 is 0 Å². The lowest BCUT2D eigenvalue weighted by Gasteiger charge is -2.18. The van der Waals surface area contributed by atoms with E-state index in [0.29, 0.717) is 0 Å². The first-order valence-corrected chi connectivity index (χ1v) is 7.86. The van der Waals surface area contributed by atoms with E-state index in [4.69, 9.17) is 4.74 Å². The van der Waals surface area contributed by atoms with Crippen LogP contribution in [0.4, 0.5) is 5.69 Å². The molecule has 0 radical (unpaired) electrons. The molecular formula is C19H26N2O. The Bertz CT molecular complexity index is 554. The van der Waals surface area contributed by atoms with Crippen molar-refractivity contribution in [2.75, 3.05) is 25.5 Å². The van der Waals surface area contributed by atoms with Crippen LogP contribution in [0.15, 0.2) is 54.6 Å². The first-order valence-electron chi connectivity index (χ1n) is 7.86. The minimum atomic E-state index is 0.201. The Balaban J connectivity index is 1.76. The predicted molar refractivity (Wildman–Crippen MR) is 93.5 cm³/mol. The molecule has 0 bridgehead atoms. The van der Waals surface area contributed by atoms with E-state index in [1.165, 1.54) is 5.56 Å². The average molecular weight is 298 g/mol. The molecule has 0 spiro atoms. The van der Waals surface area contributed by atoms with Gasteiger partial charge < -0.3 is 15.0 Å². The van der Waals surface area contributed by atoms with Gasteiger partial charge in [0.15, 0.2) is 0 Å². The molecule has 1 N–H and O–H groups in total. The Hall–Kier alpha value is -2.00. The molecular weight excluding hydrogens is 272 g/mol. The normalized spacial score (nSPS) is 11.0. The summed E-state index contributed by atoms with van der Waals surface area (Å²) < 4.78 is 5.71. The van der Waals surface area contributed by atoms with Gasteiger partial charge in [-0.25, -0.2) is 0 Å². The van der Waals surface area contributed by atoms with Gasteiger partial charge in [0.1, 0.15) is 5.75 Å². The van der Waals surface area contributed by atoms with Crippen LogP contribution in [-0.4, -0.2) is 31.1 Å². The molecule has 3 heteroatoms. The third-order valence-electron chi connectivity index (χ3n) is 3.32.